The maximum atomic E-state index is 10.9. The monoisotopic (exact) mass is 423 g/mol. The first-order valence-electron chi connectivity index (χ1n) is 10.6. The van der Waals surface area contributed by atoms with E-state index >= 15 is 0 Å². The highest BCUT2D eigenvalue weighted by atomic mass is 31.2. The molecular formula is C20H42NO6P. The van der Waals surface area contributed by atoms with Crippen LogP contribution in [0.15, 0.2) is 12.2 Å². The van der Waals surface area contributed by atoms with Crippen molar-refractivity contribution in [3.63, 3.8) is 0 Å². The van der Waals surface area contributed by atoms with Gasteiger partial charge in [-0.3, -0.25) is 9.42 Å². The predicted molar refractivity (Wildman–Crippen MR) is 113 cm³/mol. The molecule has 0 saturated carbocycles. The van der Waals surface area contributed by atoms with Gasteiger partial charge in [0.15, 0.2) is 6.29 Å². The third-order valence-corrected chi connectivity index (χ3v) is 5.28. The third kappa shape index (κ3) is 15.6. The molecule has 8 heteroatoms. The molecule has 0 aliphatic rings. The second kappa shape index (κ2) is 16.5. The number of phosphoric ester groups is 1. The third-order valence-electron chi connectivity index (χ3n) is 4.79. The van der Waals surface area contributed by atoms with Crippen molar-refractivity contribution in [3.8, 4) is 0 Å². The quantitative estimate of drug-likeness (QED) is 0.114. The van der Waals surface area contributed by atoms with Gasteiger partial charge in [0.25, 0.3) is 0 Å². The van der Waals surface area contributed by atoms with Crippen molar-refractivity contribution < 1.29 is 29.1 Å². The van der Waals surface area contributed by atoms with Gasteiger partial charge in [-0.25, -0.2) is 4.57 Å². The van der Waals surface area contributed by atoms with Gasteiger partial charge in [-0.15, -0.1) is 0 Å². The molecule has 0 saturated heterocycles. The van der Waals surface area contributed by atoms with Gasteiger partial charge in [0, 0.05) is 0 Å². The molecule has 4 N–H and O–H groups in total. The van der Waals surface area contributed by atoms with Crippen LogP contribution < -0.4 is 0 Å². The van der Waals surface area contributed by atoms with Crippen LogP contribution in [-0.4, -0.2) is 57.4 Å². The van der Waals surface area contributed by atoms with Gasteiger partial charge >= 0.3 is 7.82 Å². The highest BCUT2D eigenvalue weighted by Crippen LogP contribution is 2.38. The van der Waals surface area contributed by atoms with Crippen molar-refractivity contribution in [2.75, 3.05) is 14.1 Å². The van der Waals surface area contributed by atoms with E-state index in [0.717, 1.165) is 19.3 Å². The zero-order valence-corrected chi connectivity index (χ0v) is 18.8. The minimum absolute atomic E-state index is 0.823. The van der Waals surface area contributed by atoms with Crippen LogP contribution in [0, 0.1) is 0 Å². The van der Waals surface area contributed by atoms with Crippen LogP contribution in [0.4, 0.5) is 0 Å². The van der Waals surface area contributed by atoms with Gasteiger partial charge in [0.1, 0.15) is 0 Å². The SMILES string of the molecule is CCCCCCCCCCCCC/C=C/[C@@H](O)[C@@H](C(O)OP(=O)(O)O)N(C)C. The van der Waals surface area contributed by atoms with E-state index in [0.29, 0.717) is 0 Å². The van der Waals surface area contributed by atoms with Crippen LogP contribution in [0.2, 0.25) is 0 Å². The number of nitrogens with zero attached hydrogens (tertiary/aromatic N) is 1. The summed E-state index contributed by atoms with van der Waals surface area (Å²) in [6, 6.07) is -0.971. The second-order valence-corrected chi connectivity index (χ2v) is 8.88. The Kier molecular flexibility index (Phi) is 16.4. The number of hydrogen-bond acceptors (Lipinski definition) is 5. The Labute approximate surface area is 171 Å². The van der Waals surface area contributed by atoms with Crippen LogP contribution in [-0.2, 0) is 9.09 Å². The van der Waals surface area contributed by atoms with Crippen LogP contribution in [0.5, 0.6) is 0 Å². The molecule has 0 bridgehead atoms. The lowest BCUT2D eigenvalue weighted by atomic mass is 10.0. The number of allylic oxidation sites excluding steroid dienone is 1. The van der Waals surface area contributed by atoms with Crippen molar-refractivity contribution >= 4 is 7.82 Å². The summed E-state index contributed by atoms with van der Waals surface area (Å²) in [6.07, 6.45) is 15.4. The lowest BCUT2D eigenvalue weighted by molar-refractivity contribution is -0.109. The minimum Gasteiger partial charge on any atom is -0.387 e. The van der Waals surface area contributed by atoms with E-state index in [1.54, 1.807) is 20.2 Å². The first kappa shape index (κ1) is 27.7. The van der Waals surface area contributed by atoms with Gasteiger partial charge in [0.2, 0.25) is 0 Å². The number of aliphatic hydroxyl groups excluding tert-OH is 2. The zero-order chi connectivity index (χ0) is 21.4. The van der Waals surface area contributed by atoms with Crippen LogP contribution in [0.3, 0.4) is 0 Å². The molecule has 3 atom stereocenters. The van der Waals surface area contributed by atoms with E-state index in [9.17, 15) is 14.8 Å². The Bertz CT molecular complexity index is 440. The number of likely N-dealkylation sites (N-methyl/N-ethyl adjacent to an activating group) is 1. The Hall–Kier alpha value is -0.270. The van der Waals surface area contributed by atoms with Crippen molar-refractivity contribution in [1.29, 1.82) is 0 Å². The summed E-state index contributed by atoms with van der Waals surface area (Å²) in [5.41, 5.74) is 0. The molecule has 0 spiro atoms. The summed E-state index contributed by atoms with van der Waals surface area (Å²) in [4.78, 5) is 19.1. The van der Waals surface area contributed by atoms with E-state index in [-0.39, 0.29) is 0 Å². The maximum absolute atomic E-state index is 10.9. The van der Waals surface area contributed by atoms with Crippen LogP contribution >= 0.6 is 7.82 Å². The first-order valence-corrected chi connectivity index (χ1v) is 12.1. The van der Waals surface area contributed by atoms with Crippen LogP contribution in [0.25, 0.3) is 0 Å². The molecule has 0 aromatic carbocycles. The summed E-state index contributed by atoms with van der Waals surface area (Å²) >= 11 is 0. The summed E-state index contributed by atoms with van der Waals surface area (Å²) in [7, 11) is -1.64. The maximum Gasteiger partial charge on any atom is 0.471 e. The second-order valence-electron chi connectivity index (χ2n) is 7.68. The van der Waals surface area contributed by atoms with Crippen molar-refractivity contribution in [2.24, 2.45) is 0 Å². The number of aliphatic hydroxyl groups is 2. The fraction of sp³-hybridized carbons (Fsp3) is 0.900. The van der Waals surface area contributed by atoms with Crippen molar-refractivity contribution in [2.45, 2.75) is 102 Å². The van der Waals surface area contributed by atoms with Crippen LogP contribution in [0.1, 0.15) is 84.0 Å². The van der Waals surface area contributed by atoms with E-state index in [1.165, 1.54) is 62.7 Å². The standard InChI is InChI=1S/C20H42NO6P/c1-4-5-6-7-8-9-10-11-12-13-14-15-16-17-18(22)19(21(2)3)20(23)27-28(24,25)26/h16-20,22-23H,4-15H2,1-3H3,(H2,24,25,26)/b17-16+/t18-,19+,20?/m1/s1. The molecule has 1 unspecified atom stereocenters. The average molecular weight is 424 g/mol. The molecule has 0 aliphatic heterocycles. The molecule has 0 fully saturated rings. The number of phosphoric acid groups is 1. The Balaban J connectivity index is 3.90. The molecule has 0 heterocycles. The summed E-state index contributed by atoms with van der Waals surface area (Å²) in [5, 5.41) is 20.0. The average Bonchev–Trinajstić information content (AvgIpc) is 2.57. The lowest BCUT2D eigenvalue weighted by Gasteiger charge is -2.31. The summed E-state index contributed by atoms with van der Waals surface area (Å²) in [5.74, 6) is 0. The topological polar surface area (TPSA) is 110 Å². The normalized spacial score (nSPS) is 16.0. The molecular weight excluding hydrogens is 381 g/mol. The summed E-state index contributed by atoms with van der Waals surface area (Å²) in [6.45, 7) is 2.24. The largest absolute Gasteiger partial charge is 0.471 e. The number of unbranched alkanes of at least 4 members (excludes halogenated alkanes) is 11. The smallest absolute Gasteiger partial charge is 0.387 e. The zero-order valence-electron chi connectivity index (χ0n) is 17.9. The number of hydrogen-bond donors (Lipinski definition) is 4. The Morgan fingerprint density at radius 1 is 0.893 bits per heavy atom. The molecule has 0 aromatic heterocycles. The first-order chi connectivity index (χ1) is 13.2. The van der Waals surface area contributed by atoms with E-state index in [1.807, 2.05) is 6.08 Å². The summed E-state index contributed by atoms with van der Waals surface area (Å²) < 4.78 is 15.2. The number of rotatable bonds is 18. The molecule has 7 nitrogen and oxygen atoms in total. The van der Waals surface area contributed by atoms with Gasteiger partial charge in [0.05, 0.1) is 12.1 Å². The molecule has 28 heavy (non-hydrogen) atoms. The molecule has 0 aliphatic carbocycles. The Morgan fingerprint density at radius 2 is 1.36 bits per heavy atom. The van der Waals surface area contributed by atoms with Gasteiger partial charge in [-0.1, -0.05) is 83.3 Å². The molecule has 0 radical (unpaired) electrons. The van der Waals surface area contributed by atoms with Gasteiger partial charge < -0.3 is 20.0 Å². The van der Waals surface area contributed by atoms with E-state index < -0.39 is 26.3 Å². The van der Waals surface area contributed by atoms with Gasteiger partial charge in [-0.05, 0) is 26.9 Å². The molecule has 0 aromatic rings. The minimum atomic E-state index is -4.83. The Morgan fingerprint density at radius 3 is 1.79 bits per heavy atom. The van der Waals surface area contributed by atoms with Gasteiger partial charge in [-0.2, -0.15) is 0 Å². The molecule has 0 rings (SSSR count). The highest BCUT2D eigenvalue weighted by molar-refractivity contribution is 7.46. The van der Waals surface area contributed by atoms with E-state index in [2.05, 4.69) is 11.4 Å². The fourth-order valence-corrected chi connectivity index (χ4v) is 3.61. The van der Waals surface area contributed by atoms with Crippen molar-refractivity contribution in [1.82, 2.24) is 4.90 Å². The highest BCUT2D eigenvalue weighted by Gasteiger charge is 2.33. The predicted octanol–water partition coefficient (Wildman–Crippen LogP) is 3.96. The molecule has 168 valence electrons. The fourth-order valence-electron chi connectivity index (χ4n) is 3.21. The van der Waals surface area contributed by atoms with E-state index in [4.69, 9.17) is 9.79 Å². The molecule has 0 amide bonds. The lowest BCUT2D eigenvalue weighted by Crippen LogP contribution is -2.47. The van der Waals surface area contributed by atoms with Crippen molar-refractivity contribution in [3.05, 3.63) is 12.2 Å².